The minimum absolute atomic E-state index is 0.00383. The van der Waals surface area contributed by atoms with Crippen LogP contribution in [0, 0.1) is 0 Å². The number of carboxylic acid groups (broad SMARTS) is 1. The van der Waals surface area contributed by atoms with Gasteiger partial charge in [0.2, 0.25) is 13.0 Å². The molecule has 1 saturated heterocycles. The molecule has 3 N–H and O–H groups in total. The van der Waals surface area contributed by atoms with Gasteiger partial charge in [-0.2, -0.15) is 0 Å². The van der Waals surface area contributed by atoms with Gasteiger partial charge >= 0.3 is 11.9 Å². The number of hydrogen-bond acceptors (Lipinski definition) is 11. The van der Waals surface area contributed by atoms with Crippen LogP contribution in [0.25, 0.3) is 0 Å². The van der Waals surface area contributed by atoms with E-state index in [1.807, 2.05) is 0 Å². The van der Waals surface area contributed by atoms with Crippen molar-refractivity contribution in [2.45, 2.75) is 37.8 Å². The summed E-state index contributed by atoms with van der Waals surface area (Å²) < 4.78 is 5.07. The molecule has 3 heterocycles. The summed E-state index contributed by atoms with van der Waals surface area (Å²) in [5.74, 6) is -3.64. The van der Waals surface area contributed by atoms with Gasteiger partial charge in [0.15, 0.2) is 10.8 Å². The SMILES string of the molecule is CC(C)(C)OC(=O)CON=C(C(=O)NC1C(=O)N2C(C(=O)O)=C(Cl)CS[C@H]12)c1nc(NC=O)sc1Cl. The normalized spacial score (nSPS) is 19.8. The summed E-state index contributed by atoms with van der Waals surface area (Å²) in [6, 6.07) is -1.11. The molecule has 0 aliphatic carbocycles. The summed E-state index contributed by atoms with van der Waals surface area (Å²) in [6.45, 7) is 4.33. The molecule has 1 aromatic heterocycles. The molecule has 0 radical (unpaired) electrons. The number of nitrogens with one attached hydrogen (secondary N) is 2. The number of carbonyl (C=O) groups is 5. The number of β-lactam (4-membered cyclic amide) rings is 1. The smallest absolute Gasteiger partial charge is 0.353 e. The van der Waals surface area contributed by atoms with E-state index >= 15 is 0 Å². The maximum Gasteiger partial charge on any atom is 0.353 e. The number of aliphatic carboxylic acids is 1. The summed E-state index contributed by atoms with van der Waals surface area (Å²) in [7, 11) is 0. The van der Waals surface area contributed by atoms with Gasteiger partial charge in [-0.25, -0.2) is 14.6 Å². The Morgan fingerprint density at radius 3 is 2.64 bits per heavy atom. The summed E-state index contributed by atoms with van der Waals surface area (Å²) in [6.07, 6.45) is 0.357. The molecule has 1 fully saturated rings. The van der Waals surface area contributed by atoms with Gasteiger partial charge in [-0.1, -0.05) is 39.7 Å². The lowest BCUT2D eigenvalue weighted by molar-refractivity contribution is -0.160. The largest absolute Gasteiger partial charge is 0.477 e. The molecular weight excluding hydrogens is 561 g/mol. The van der Waals surface area contributed by atoms with Crippen molar-refractivity contribution in [3.63, 3.8) is 0 Å². The van der Waals surface area contributed by atoms with Crippen LogP contribution in [0.3, 0.4) is 0 Å². The van der Waals surface area contributed by atoms with Crippen LogP contribution in [0.5, 0.6) is 0 Å². The molecule has 2 aliphatic heterocycles. The number of anilines is 1. The van der Waals surface area contributed by atoms with E-state index in [-0.39, 0.29) is 31.6 Å². The van der Waals surface area contributed by atoms with Gasteiger partial charge in [0, 0.05) is 5.75 Å². The van der Waals surface area contributed by atoms with Gasteiger partial charge in [0.1, 0.15) is 32.7 Å². The van der Waals surface area contributed by atoms with Crippen molar-refractivity contribution >= 4 is 87.3 Å². The first-order valence-electron chi connectivity index (χ1n) is 10.00. The first-order chi connectivity index (χ1) is 16.8. The predicted molar refractivity (Wildman–Crippen MR) is 131 cm³/mol. The van der Waals surface area contributed by atoms with Crippen LogP contribution >= 0.6 is 46.3 Å². The van der Waals surface area contributed by atoms with Crippen molar-refractivity contribution < 1.29 is 38.7 Å². The number of amides is 3. The van der Waals surface area contributed by atoms with Crippen LogP contribution in [0.1, 0.15) is 26.5 Å². The number of nitrogens with zero attached hydrogens (tertiary/aromatic N) is 3. The Hall–Kier alpha value is -2.88. The fourth-order valence-electron chi connectivity index (χ4n) is 3.06. The zero-order valence-electron chi connectivity index (χ0n) is 18.9. The van der Waals surface area contributed by atoms with Crippen LogP contribution in [0.15, 0.2) is 15.9 Å². The molecule has 194 valence electrons. The van der Waals surface area contributed by atoms with Gasteiger partial charge in [-0.3, -0.25) is 19.3 Å². The molecule has 2 atom stereocenters. The Kier molecular flexibility index (Phi) is 8.48. The van der Waals surface area contributed by atoms with Gasteiger partial charge in [0.25, 0.3) is 11.8 Å². The first kappa shape index (κ1) is 27.7. The van der Waals surface area contributed by atoms with E-state index < -0.39 is 53.1 Å². The third-order valence-corrected chi connectivity index (χ3v) is 7.31. The van der Waals surface area contributed by atoms with Crippen LogP contribution in [0.2, 0.25) is 4.34 Å². The molecule has 3 amide bonds. The fraction of sp³-hybridized carbons (Fsp3) is 0.421. The van der Waals surface area contributed by atoms with Crippen LogP contribution in [-0.2, 0) is 33.5 Å². The third-order valence-electron chi connectivity index (χ3n) is 4.38. The highest BCUT2D eigenvalue weighted by molar-refractivity contribution is 8.00. The number of halogens is 2. The number of carboxylic acids is 1. The van der Waals surface area contributed by atoms with E-state index in [4.69, 9.17) is 32.8 Å². The molecule has 0 spiro atoms. The average molecular weight is 580 g/mol. The molecule has 13 nitrogen and oxygen atoms in total. The van der Waals surface area contributed by atoms with Gasteiger partial charge in [0.05, 0.1) is 5.03 Å². The average Bonchev–Trinajstić information content (AvgIpc) is 3.13. The quantitative estimate of drug-likeness (QED) is 0.127. The minimum atomic E-state index is -1.37. The Balaban J connectivity index is 1.82. The summed E-state index contributed by atoms with van der Waals surface area (Å²) >= 11 is 14.1. The molecule has 1 aromatic rings. The van der Waals surface area contributed by atoms with Gasteiger partial charge < -0.3 is 25.3 Å². The van der Waals surface area contributed by atoms with Gasteiger partial charge in [-0.15, -0.1) is 11.8 Å². The van der Waals surface area contributed by atoms with Gasteiger partial charge in [-0.05, 0) is 20.8 Å². The zero-order valence-corrected chi connectivity index (χ0v) is 22.0. The highest BCUT2D eigenvalue weighted by Gasteiger charge is 2.54. The number of ether oxygens (including phenoxy) is 1. The maximum atomic E-state index is 13.1. The van der Waals surface area contributed by atoms with Crippen molar-refractivity contribution in [3.05, 3.63) is 20.8 Å². The number of hydrogen-bond donors (Lipinski definition) is 3. The Bertz CT molecular complexity index is 1180. The molecule has 1 unspecified atom stereocenters. The molecular formula is C19H19Cl2N5O8S2. The third kappa shape index (κ3) is 6.08. The number of thiazole rings is 1. The topological polar surface area (TPSA) is 177 Å². The summed E-state index contributed by atoms with van der Waals surface area (Å²) in [5.41, 5.74) is -1.80. The van der Waals surface area contributed by atoms with Crippen LogP contribution < -0.4 is 10.6 Å². The number of rotatable bonds is 9. The Morgan fingerprint density at radius 2 is 2.03 bits per heavy atom. The van der Waals surface area contributed by atoms with E-state index in [0.717, 1.165) is 28.0 Å². The molecule has 36 heavy (non-hydrogen) atoms. The Labute approximate surface area is 222 Å². The van der Waals surface area contributed by atoms with Crippen molar-refractivity contribution in [1.82, 2.24) is 15.2 Å². The zero-order chi connectivity index (χ0) is 26.8. The lowest BCUT2D eigenvalue weighted by Crippen LogP contribution is -2.71. The van der Waals surface area contributed by atoms with Crippen molar-refractivity contribution in [2.24, 2.45) is 5.16 Å². The lowest BCUT2D eigenvalue weighted by atomic mass is 10.0. The molecule has 0 saturated carbocycles. The molecule has 0 aromatic carbocycles. The second kappa shape index (κ2) is 11.0. The summed E-state index contributed by atoms with van der Waals surface area (Å²) in [5, 5.41) is 17.2. The minimum Gasteiger partial charge on any atom is -0.477 e. The monoisotopic (exact) mass is 579 g/mol. The predicted octanol–water partition coefficient (Wildman–Crippen LogP) is 1.36. The van der Waals surface area contributed by atoms with Crippen molar-refractivity contribution in [2.75, 3.05) is 17.7 Å². The number of thioether (sulfide) groups is 1. The van der Waals surface area contributed by atoms with Crippen molar-refractivity contribution in [3.8, 4) is 0 Å². The molecule has 2 aliphatic rings. The number of aromatic nitrogens is 1. The standard InChI is InChI=1S/C19H19Cl2N5O8S2/c1-19(2,3)34-8(28)4-33-25-10(9-13(21)36-18(24-9)22-6-27)14(29)23-11-15(30)26-12(17(31)32)7(20)5-35-16(11)26/h6,11,16H,4-5H2,1-3H3,(H,23,29)(H,31,32)(H,22,24,27)/t11?,16-/m1/s1. The fourth-order valence-corrected chi connectivity index (χ4v) is 5.62. The summed E-state index contributed by atoms with van der Waals surface area (Å²) in [4.78, 5) is 70.0. The second-order valence-corrected chi connectivity index (χ2v) is 11.3. The van der Waals surface area contributed by atoms with E-state index in [9.17, 15) is 29.1 Å². The van der Waals surface area contributed by atoms with E-state index in [0.29, 0.717) is 6.41 Å². The Morgan fingerprint density at radius 1 is 1.33 bits per heavy atom. The number of fused-ring (bicyclic) bond motifs is 1. The van der Waals surface area contributed by atoms with Crippen molar-refractivity contribution in [1.29, 1.82) is 0 Å². The number of carbonyl (C=O) groups excluding carboxylic acids is 4. The lowest BCUT2D eigenvalue weighted by Gasteiger charge is -2.48. The molecule has 0 bridgehead atoms. The van der Waals surface area contributed by atoms with Crippen LogP contribution in [0.4, 0.5) is 5.13 Å². The highest BCUT2D eigenvalue weighted by atomic mass is 35.5. The van der Waals surface area contributed by atoms with E-state index in [1.165, 1.54) is 0 Å². The highest BCUT2D eigenvalue weighted by Crippen LogP contribution is 2.41. The molecule has 3 rings (SSSR count). The maximum absolute atomic E-state index is 13.1. The number of esters is 1. The second-order valence-electron chi connectivity index (χ2n) is 8.12. The van der Waals surface area contributed by atoms with E-state index in [1.54, 1.807) is 20.8 Å². The molecule has 17 heteroatoms. The van der Waals surface area contributed by atoms with Crippen LogP contribution in [-0.4, -0.2) is 80.2 Å². The first-order valence-corrected chi connectivity index (χ1v) is 12.6. The number of oxime groups is 1. The van der Waals surface area contributed by atoms with E-state index in [2.05, 4.69) is 20.8 Å².